The van der Waals surface area contributed by atoms with Gasteiger partial charge in [-0.15, -0.1) is 0 Å². The van der Waals surface area contributed by atoms with E-state index in [1.807, 2.05) is 12.1 Å². The Morgan fingerprint density at radius 2 is 1.60 bits per heavy atom. The van der Waals surface area contributed by atoms with E-state index in [0.717, 1.165) is 44.8 Å². The quantitative estimate of drug-likeness (QED) is 0.213. The maximum absolute atomic E-state index is 12.6. The van der Waals surface area contributed by atoms with Crippen molar-refractivity contribution < 1.29 is 24.3 Å². The van der Waals surface area contributed by atoms with E-state index in [1.165, 1.54) is 25.0 Å². The first-order valence-electron chi connectivity index (χ1n) is 11.4. The number of hydroxylamine groups is 1. The standard InChI is InChI=1S/C26H30N4O5/c1-26(24(32)27-2,25(33)29-34)28-23(31)22-12-10-20(11-13-22)5-4-19-6-8-21(9-7-19)18-30-14-3-16-35-17-15-30/h6-13,34H,3,14-18H2,1-2H3,(H,27,32)(H,28,31)(H,29,33). The molecule has 1 saturated heterocycles. The molecule has 0 bridgehead atoms. The zero-order valence-corrected chi connectivity index (χ0v) is 19.9. The van der Waals surface area contributed by atoms with Crippen molar-refractivity contribution in [3.63, 3.8) is 0 Å². The average molecular weight is 479 g/mol. The number of carbonyl (C=O) groups excluding carboxylic acids is 3. The van der Waals surface area contributed by atoms with Gasteiger partial charge in [-0.25, -0.2) is 5.48 Å². The second-order valence-electron chi connectivity index (χ2n) is 8.37. The normalized spacial score (nSPS) is 15.5. The number of hydrogen-bond donors (Lipinski definition) is 4. The number of rotatable bonds is 6. The second kappa shape index (κ2) is 12.1. The van der Waals surface area contributed by atoms with Gasteiger partial charge in [-0.2, -0.15) is 0 Å². The molecule has 1 heterocycles. The lowest BCUT2D eigenvalue weighted by molar-refractivity contribution is -0.143. The SMILES string of the molecule is CNC(=O)C(C)(NC(=O)c1ccc(C#Cc2ccc(CN3CCCOCC3)cc2)cc1)C(=O)NO. The van der Waals surface area contributed by atoms with Crippen LogP contribution in [0.25, 0.3) is 0 Å². The van der Waals surface area contributed by atoms with Crippen molar-refractivity contribution in [3.8, 4) is 11.8 Å². The molecule has 9 heteroatoms. The number of benzene rings is 2. The van der Waals surface area contributed by atoms with Crippen LogP contribution in [0.15, 0.2) is 48.5 Å². The van der Waals surface area contributed by atoms with E-state index in [-0.39, 0.29) is 5.56 Å². The topological polar surface area (TPSA) is 120 Å². The number of carbonyl (C=O) groups is 3. The van der Waals surface area contributed by atoms with E-state index in [2.05, 4.69) is 39.5 Å². The molecule has 1 fully saturated rings. The highest BCUT2D eigenvalue weighted by Crippen LogP contribution is 2.11. The molecule has 0 spiro atoms. The van der Waals surface area contributed by atoms with Crippen LogP contribution in [0.1, 0.15) is 40.4 Å². The number of nitrogens with one attached hydrogen (secondary N) is 3. The van der Waals surface area contributed by atoms with Crippen LogP contribution in [0.5, 0.6) is 0 Å². The van der Waals surface area contributed by atoms with Crippen LogP contribution in [0, 0.1) is 11.8 Å². The second-order valence-corrected chi connectivity index (χ2v) is 8.37. The lowest BCUT2D eigenvalue weighted by atomic mass is 9.99. The monoisotopic (exact) mass is 478 g/mol. The molecule has 35 heavy (non-hydrogen) atoms. The summed E-state index contributed by atoms with van der Waals surface area (Å²) in [5.74, 6) is 3.71. The summed E-state index contributed by atoms with van der Waals surface area (Å²) >= 11 is 0. The molecule has 0 aliphatic carbocycles. The van der Waals surface area contributed by atoms with E-state index in [9.17, 15) is 14.4 Å². The van der Waals surface area contributed by atoms with E-state index >= 15 is 0 Å². The number of likely N-dealkylation sites (N-methyl/N-ethyl adjacent to an activating group) is 1. The number of amides is 3. The predicted octanol–water partition coefficient (Wildman–Crippen LogP) is 1.05. The van der Waals surface area contributed by atoms with Gasteiger partial charge >= 0.3 is 0 Å². The van der Waals surface area contributed by atoms with E-state index in [4.69, 9.17) is 9.94 Å². The molecule has 184 valence electrons. The number of ether oxygens (including phenoxy) is 1. The fourth-order valence-electron chi connectivity index (χ4n) is 3.63. The molecule has 9 nitrogen and oxygen atoms in total. The number of hydrogen-bond acceptors (Lipinski definition) is 6. The Kier molecular flexibility index (Phi) is 8.98. The van der Waals surface area contributed by atoms with Crippen molar-refractivity contribution in [2.45, 2.75) is 25.4 Å². The van der Waals surface area contributed by atoms with Gasteiger partial charge in [0.1, 0.15) is 0 Å². The summed E-state index contributed by atoms with van der Waals surface area (Å²) in [6, 6.07) is 14.6. The summed E-state index contributed by atoms with van der Waals surface area (Å²) in [5, 5.41) is 13.6. The molecule has 4 N–H and O–H groups in total. The predicted molar refractivity (Wildman–Crippen MR) is 129 cm³/mol. The van der Waals surface area contributed by atoms with Crippen molar-refractivity contribution in [2.75, 3.05) is 33.4 Å². The molecule has 3 amide bonds. The van der Waals surface area contributed by atoms with Gasteiger partial charge in [-0.05, 0) is 55.3 Å². The fraction of sp³-hybridized carbons (Fsp3) is 0.346. The van der Waals surface area contributed by atoms with Crippen LogP contribution in [0.4, 0.5) is 0 Å². The Hall–Kier alpha value is -3.71. The number of nitrogens with zero attached hydrogens (tertiary/aromatic N) is 1. The third kappa shape index (κ3) is 6.90. The molecular formula is C26H30N4O5. The van der Waals surface area contributed by atoms with Crippen LogP contribution in [0.2, 0.25) is 0 Å². The maximum atomic E-state index is 12.6. The largest absolute Gasteiger partial charge is 0.380 e. The van der Waals surface area contributed by atoms with Crippen LogP contribution in [-0.2, 0) is 20.9 Å². The minimum absolute atomic E-state index is 0.236. The Bertz CT molecular complexity index is 1080. The molecule has 0 aromatic heterocycles. The lowest BCUT2D eigenvalue weighted by Crippen LogP contribution is -2.64. The minimum atomic E-state index is -1.98. The van der Waals surface area contributed by atoms with Gasteiger partial charge in [0.25, 0.3) is 17.7 Å². The molecule has 1 aliphatic heterocycles. The molecule has 1 atom stereocenters. The van der Waals surface area contributed by atoms with Gasteiger partial charge in [0.2, 0.25) is 0 Å². The Morgan fingerprint density at radius 3 is 2.20 bits per heavy atom. The average Bonchev–Trinajstić information content (AvgIpc) is 3.16. The first-order valence-corrected chi connectivity index (χ1v) is 11.4. The summed E-state index contributed by atoms with van der Waals surface area (Å²) in [7, 11) is 1.32. The van der Waals surface area contributed by atoms with Crippen LogP contribution >= 0.6 is 0 Å². The maximum Gasteiger partial charge on any atom is 0.278 e. The Labute approximate surface area is 204 Å². The van der Waals surface area contributed by atoms with Crippen molar-refractivity contribution in [1.29, 1.82) is 0 Å². The summed E-state index contributed by atoms with van der Waals surface area (Å²) in [5.41, 5.74) is 2.48. The first kappa shape index (κ1) is 25.9. The molecule has 0 saturated carbocycles. The van der Waals surface area contributed by atoms with E-state index in [0.29, 0.717) is 5.56 Å². The minimum Gasteiger partial charge on any atom is -0.380 e. The fourth-order valence-corrected chi connectivity index (χ4v) is 3.63. The molecule has 1 aliphatic rings. The molecule has 2 aromatic carbocycles. The van der Waals surface area contributed by atoms with E-state index in [1.54, 1.807) is 24.3 Å². The third-order valence-electron chi connectivity index (χ3n) is 5.77. The van der Waals surface area contributed by atoms with Gasteiger partial charge in [0, 0.05) is 50.0 Å². The smallest absolute Gasteiger partial charge is 0.278 e. The van der Waals surface area contributed by atoms with Crippen molar-refractivity contribution in [2.24, 2.45) is 0 Å². The lowest BCUT2D eigenvalue weighted by Gasteiger charge is -2.26. The molecule has 3 rings (SSSR count). The highest BCUT2D eigenvalue weighted by molar-refractivity contribution is 6.12. The summed E-state index contributed by atoms with van der Waals surface area (Å²) < 4.78 is 5.50. The third-order valence-corrected chi connectivity index (χ3v) is 5.77. The molecule has 2 aromatic rings. The Morgan fingerprint density at radius 1 is 0.971 bits per heavy atom. The summed E-state index contributed by atoms with van der Waals surface area (Å²) in [6.45, 7) is 5.66. The highest BCUT2D eigenvalue weighted by atomic mass is 16.5. The van der Waals surface area contributed by atoms with E-state index < -0.39 is 23.3 Å². The van der Waals surface area contributed by atoms with Crippen molar-refractivity contribution in [1.82, 2.24) is 21.0 Å². The van der Waals surface area contributed by atoms with Gasteiger partial charge < -0.3 is 15.4 Å². The van der Waals surface area contributed by atoms with Crippen molar-refractivity contribution in [3.05, 3.63) is 70.8 Å². The van der Waals surface area contributed by atoms with Gasteiger partial charge in [-0.1, -0.05) is 24.0 Å². The van der Waals surface area contributed by atoms with Crippen LogP contribution < -0.4 is 16.1 Å². The molecule has 0 radical (unpaired) electrons. The molecular weight excluding hydrogens is 448 g/mol. The zero-order chi connectivity index (χ0) is 25.3. The first-order chi connectivity index (χ1) is 16.9. The Balaban J connectivity index is 1.62. The van der Waals surface area contributed by atoms with Gasteiger partial charge in [0.15, 0.2) is 5.54 Å². The van der Waals surface area contributed by atoms with Crippen LogP contribution in [-0.4, -0.2) is 66.7 Å². The van der Waals surface area contributed by atoms with Gasteiger partial charge in [-0.3, -0.25) is 24.5 Å². The zero-order valence-electron chi connectivity index (χ0n) is 19.9. The summed E-state index contributed by atoms with van der Waals surface area (Å²) in [6.07, 6.45) is 1.05. The van der Waals surface area contributed by atoms with Crippen molar-refractivity contribution >= 4 is 17.7 Å². The highest BCUT2D eigenvalue weighted by Gasteiger charge is 2.42. The summed E-state index contributed by atoms with van der Waals surface area (Å²) in [4.78, 5) is 39.0. The van der Waals surface area contributed by atoms with Crippen LogP contribution in [0.3, 0.4) is 0 Å². The molecule has 1 unspecified atom stereocenters. The van der Waals surface area contributed by atoms with Gasteiger partial charge in [0.05, 0.1) is 6.61 Å².